The number of hydrogen-bond acceptors (Lipinski definition) is 5. The highest BCUT2D eigenvalue weighted by Gasteiger charge is 2.44. The third-order valence-corrected chi connectivity index (χ3v) is 7.06. The molecule has 0 amide bonds. The molecule has 1 unspecified atom stereocenters. The molecular weight excluding hydrogens is 462 g/mol. The molecule has 3 aromatic carbocycles. The largest absolute Gasteiger partial charge is 0.489 e. The van der Waals surface area contributed by atoms with Crippen LogP contribution in [0.5, 0.6) is 5.75 Å². The first-order chi connectivity index (χ1) is 18.1. The second kappa shape index (κ2) is 11.4. The minimum Gasteiger partial charge on any atom is -0.489 e. The topological polar surface area (TPSA) is 65.0 Å². The van der Waals surface area contributed by atoms with Gasteiger partial charge < -0.3 is 9.47 Å². The Labute approximate surface area is 217 Å². The van der Waals surface area contributed by atoms with Crippen LogP contribution in [-0.2, 0) is 27.4 Å². The molecule has 5 nitrogen and oxygen atoms in total. The van der Waals surface area contributed by atoms with Gasteiger partial charge in [-0.25, -0.2) is 0 Å². The third-order valence-electron chi connectivity index (χ3n) is 7.06. The van der Waals surface area contributed by atoms with Gasteiger partial charge in [-0.15, -0.1) is 0 Å². The van der Waals surface area contributed by atoms with Gasteiger partial charge in [-0.3, -0.25) is 14.6 Å². The molecule has 0 bridgehead atoms. The first-order valence-corrected chi connectivity index (χ1v) is 12.9. The van der Waals surface area contributed by atoms with Crippen molar-refractivity contribution < 1.29 is 19.1 Å². The van der Waals surface area contributed by atoms with Crippen LogP contribution in [0.2, 0.25) is 0 Å². The lowest BCUT2D eigenvalue weighted by Crippen LogP contribution is -2.37. The molecule has 188 valence electrons. The van der Waals surface area contributed by atoms with Gasteiger partial charge in [0.1, 0.15) is 18.3 Å². The van der Waals surface area contributed by atoms with E-state index in [-0.39, 0.29) is 18.4 Å². The van der Waals surface area contributed by atoms with Crippen molar-refractivity contribution in [2.24, 2.45) is 10.9 Å². The van der Waals surface area contributed by atoms with Gasteiger partial charge in [-0.2, -0.15) is 0 Å². The quantitative estimate of drug-likeness (QED) is 0.349. The predicted octanol–water partition coefficient (Wildman–Crippen LogP) is 6.23. The summed E-state index contributed by atoms with van der Waals surface area (Å²) in [4.78, 5) is 31.6. The zero-order valence-corrected chi connectivity index (χ0v) is 21.1. The first-order valence-electron chi connectivity index (χ1n) is 12.9. The molecule has 0 saturated heterocycles. The zero-order chi connectivity index (χ0) is 25.6. The van der Waals surface area contributed by atoms with E-state index in [1.54, 1.807) is 0 Å². The lowest BCUT2D eigenvalue weighted by molar-refractivity contribution is -0.146. The average molecular weight is 494 g/mol. The Morgan fingerprint density at radius 1 is 0.892 bits per heavy atom. The van der Waals surface area contributed by atoms with Crippen LogP contribution in [0.25, 0.3) is 0 Å². The van der Waals surface area contributed by atoms with E-state index in [0.29, 0.717) is 36.5 Å². The van der Waals surface area contributed by atoms with Crippen LogP contribution in [-0.4, -0.2) is 24.1 Å². The van der Waals surface area contributed by atoms with Crippen molar-refractivity contribution in [2.45, 2.75) is 45.1 Å². The van der Waals surface area contributed by atoms with E-state index in [4.69, 9.17) is 14.5 Å². The Morgan fingerprint density at radius 3 is 2.32 bits per heavy atom. The summed E-state index contributed by atoms with van der Waals surface area (Å²) in [6.07, 6.45) is 2.60. The highest BCUT2D eigenvalue weighted by atomic mass is 16.5. The highest BCUT2D eigenvalue weighted by Crippen LogP contribution is 2.46. The molecule has 2 atom stereocenters. The first kappa shape index (κ1) is 24.7. The van der Waals surface area contributed by atoms with Gasteiger partial charge in [0, 0.05) is 41.3 Å². The predicted molar refractivity (Wildman–Crippen MR) is 144 cm³/mol. The fraction of sp³-hybridized carbons (Fsp3) is 0.281. The molecule has 0 N–H and O–H groups in total. The van der Waals surface area contributed by atoms with Crippen molar-refractivity contribution in [3.05, 3.63) is 113 Å². The molecule has 0 aromatic heterocycles. The van der Waals surface area contributed by atoms with Crippen LogP contribution < -0.4 is 4.74 Å². The molecule has 0 fully saturated rings. The van der Waals surface area contributed by atoms with Gasteiger partial charge in [0.15, 0.2) is 5.78 Å². The molecule has 0 saturated carbocycles. The summed E-state index contributed by atoms with van der Waals surface area (Å²) in [7, 11) is 0. The number of para-hydroxylation sites is 1. The van der Waals surface area contributed by atoms with Gasteiger partial charge in [0.2, 0.25) is 0 Å². The number of allylic oxidation sites excluding steroid dienone is 2. The van der Waals surface area contributed by atoms with Crippen LogP contribution in [0.15, 0.2) is 101 Å². The Hall–Kier alpha value is -3.99. The summed E-state index contributed by atoms with van der Waals surface area (Å²) in [5.41, 5.74) is 5.08. The number of nitrogens with zero attached hydrogens (tertiary/aromatic N) is 1. The lowest BCUT2D eigenvalue weighted by atomic mass is 9.71. The maximum atomic E-state index is 13.6. The molecule has 37 heavy (non-hydrogen) atoms. The minimum atomic E-state index is -0.682. The molecule has 2 aliphatic rings. The summed E-state index contributed by atoms with van der Waals surface area (Å²) in [6.45, 7) is 2.53. The van der Waals surface area contributed by atoms with Crippen molar-refractivity contribution in [1.82, 2.24) is 0 Å². The van der Waals surface area contributed by atoms with Crippen molar-refractivity contribution in [3.63, 3.8) is 0 Å². The van der Waals surface area contributed by atoms with E-state index >= 15 is 0 Å². The fourth-order valence-electron chi connectivity index (χ4n) is 5.26. The van der Waals surface area contributed by atoms with Gasteiger partial charge >= 0.3 is 5.97 Å². The molecule has 1 aliphatic heterocycles. The number of hydrogen-bond donors (Lipinski definition) is 0. The number of Topliss-reactive ketones (excluding diaryl/α,β-unsaturated/α-hetero) is 1. The van der Waals surface area contributed by atoms with E-state index in [0.717, 1.165) is 35.2 Å². The van der Waals surface area contributed by atoms with Crippen LogP contribution in [0.4, 0.5) is 0 Å². The molecular formula is C32H31NO4. The maximum absolute atomic E-state index is 13.6. The number of carbonyl (C=O) groups excluding carboxylic acids is 2. The van der Waals surface area contributed by atoms with Crippen molar-refractivity contribution in [3.8, 4) is 5.75 Å². The fourth-order valence-corrected chi connectivity index (χ4v) is 5.26. The smallest absolute Gasteiger partial charge is 0.315 e. The van der Waals surface area contributed by atoms with E-state index in [2.05, 4.69) is 0 Å². The Balaban J connectivity index is 1.45. The Morgan fingerprint density at radius 2 is 1.57 bits per heavy atom. The van der Waals surface area contributed by atoms with Crippen LogP contribution in [0.3, 0.4) is 0 Å². The normalized spacial score (nSPS) is 19.2. The van der Waals surface area contributed by atoms with Gasteiger partial charge in [0.25, 0.3) is 0 Å². The number of aliphatic imine (C=N–C) groups is 1. The van der Waals surface area contributed by atoms with E-state index in [1.165, 1.54) is 0 Å². The van der Waals surface area contributed by atoms with Gasteiger partial charge in [-0.1, -0.05) is 78.9 Å². The average Bonchev–Trinajstić information content (AvgIpc) is 2.92. The lowest BCUT2D eigenvalue weighted by Gasteiger charge is -2.35. The van der Waals surface area contributed by atoms with Gasteiger partial charge in [0.05, 0.1) is 6.61 Å². The van der Waals surface area contributed by atoms with Crippen molar-refractivity contribution in [2.75, 3.05) is 6.61 Å². The number of ketones is 1. The SMILES string of the molecule is CC1=NC2=C(C(=O)CCC2)[C@@H](c2ccccc2OCc2ccccc2)C1C(=O)OCCc1ccccc1. The summed E-state index contributed by atoms with van der Waals surface area (Å²) in [5.74, 6) is -0.805. The zero-order valence-electron chi connectivity index (χ0n) is 21.1. The van der Waals surface area contributed by atoms with Gasteiger partial charge in [-0.05, 0) is 37.0 Å². The van der Waals surface area contributed by atoms with E-state index in [1.807, 2.05) is 91.9 Å². The maximum Gasteiger partial charge on any atom is 0.315 e. The van der Waals surface area contributed by atoms with E-state index < -0.39 is 11.8 Å². The minimum absolute atomic E-state index is 0.0578. The molecule has 5 heteroatoms. The van der Waals surface area contributed by atoms with E-state index in [9.17, 15) is 9.59 Å². The number of rotatable bonds is 8. The number of esters is 1. The Bertz CT molecular complexity index is 1330. The summed E-state index contributed by atoms with van der Waals surface area (Å²) < 4.78 is 12.1. The summed E-state index contributed by atoms with van der Waals surface area (Å²) >= 11 is 0. The molecule has 1 heterocycles. The van der Waals surface area contributed by atoms with Crippen LogP contribution in [0.1, 0.15) is 48.8 Å². The monoisotopic (exact) mass is 493 g/mol. The molecule has 1 aliphatic carbocycles. The Kier molecular flexibility index (Phi) is 7.59. The van der Waals surface area contributed by atoms with Crippen molar-refractivity contribution >= 4 is 17.5 Å². The van der Waals surface area contributed by atoms with Crippen LogP contribution >= 0.6 is 0 Å². The number of ether oxygens (including phenoxy) is 2. The molecule has 0 radical (unpaired) electrons. The van der Waals surface area contributed by atoms with Crippen LogP contribution in [0, 0.1) is 5.92 Å². The molecule has 5 rings (SSSR count). The third kappa shape index (κ3) is 5.56. The highest BCUT2D eigenvalue weighted by molar-refractivity contribution is 6.09. The summed E-state index contributed by atoms with van der Waals surface area (Å²) in [6, 6.07) is 27.6. The number of benzene rings is 3. The second-order valence-corrected chi connectivity index (χ2v) is 9.56. The van der Waals surface area contributed by atoms with Crippen molar-refractivity contribution in [1.29, 1.82) is 0 Å². The second-order valence-electron chi connectivity index (χ2n) is 9.56. The molecule has 0 spiro atoms. The standard InChI is InChI=1S/C32H31NO4/c1-22-29(32(35)36-20-19-23-11-4-2-5-12-23)30(31-26(33-22)16-10-17-27(31)34)25-15-8-9-18-28(25)37-21-24-13-6-3-7-14-24/h2-9,11-15,18,29-30H,10,16-17,19-21H2,1H3/t29?,30-/m0/s1. The number of carbonyl (C=O) groups is 2. The molecule has 3 aromatic rings. The summed E-state index contributed by atoms with van der Waals surface area (Å²) in [5, 5.41) is 0.